The molecule has 0 atom stereocenters. The van der Waals surface area contributed by atoms with Crippen LogP contribution in [0.4, 0.5) is 0 Å². The quantitative estimate of drug-likeness (QED) is 0.822. The van der Waals surface area contributed by atoms with Gasteiger partial charge in [0.1, 0.15) is 0 Å². The fourth-order valence-electron chi connectivity index (χ4n) is 3.66. The molecule has 1 aromatic carbocycles. The van der Waals surface area contributed by atoms with E-state index in [-0.39, 0.29) is 16.2 Å². The van der Waals surface area contributed by atoms with Crippen LogP contribution in [0.5, 0.6) is 0 Å². The van der Waals surface area contributed by atoms with E-state index in [0.29, 0.717) is 31.2 Å². The third kappa shape index (κ3) is 3.32. The molecular weight excluding hydrogens is 348 g/mol. The lowest BCUT2D eigenvalue weighted by Gasteiger charge is -2.38. The number of hydrogen-bond donors (Lipinski definition) is 0. The van der Waals surface area contributed by atoms with Gasteiger partial charge in [0, 0.05) is 36.6 Å². The van der Waals surface area contributed by atoms with Gasteiger partial charge in [0.05, 0.1) is 4.90 Å². The summed E-state index contributed by atoms with van der Waals surface area (Å²) in [6.45, 7) is 3.60. The predicted molar refractivity (Wildman–Crippen MR) is 93.4 cm³/mol. The van der Waals surface area contributed by atoms with Crippen LogP contribution in [0.2, 0.25) is 5.02 Å². The average molecular weight is 371 g/mol. The highest BCUT2D eigenvalue weighted by atomic mass is 35.5. The van der Waals surface area contributed by atoms with Crippen LogP contribution in [0.1, 0.15) is 32.6 Å². The van der Waals surface area contributed by atoms with Crippen molar-refractivity contribution in [3.8, 4) is 0 Å². The first kappa shape index (κ1) is 17.7. The van der Waals surface area contributed by atoms with Gasteiger partial charge in [-0.05, 0) is 31.0 Å². The van der Waals surface area contributed by atoms with Gasteiger partial charge in [-0.3, -0.25) is 4.79 Å². The Bertz CT molecular complexity index is 721. The van der Waals surface area contributed by atoms with E-state index in [9.17, 15) is 13.2 Å². The lowest BCUT2D eigenvalue weighted by Crippen LogP contribution is -2.53. The minimum absolute atomic E-state index is 0.180. The third-order valence-electron chi connectivity index (χ3n) is 5.18. The summed E-state index contributed by atoms with van der Waals surface area (Å²) in [5.41, 5.74) is -0.256. The highest BCUT2D eigenvalue weighted by Gasteiger charge is 2.40. The summed E-state index contributed by atoms with van der Waals surface area (Å²) in [5, 5.41) is 0.402. The van der Waals surface area contributed by atoms with Crippen molar-refractivity contribution in [3.63, 3.8) is 0 Å². The second kappa shape index (κ2) is 6.65. The molecule has 1 aromatic rings. The smallest absolute Gasteiger partial charge is 0.243 e. The molecule has 1 aliphatic heterocycles. The summed E-state index contributed by atoms with van der Waals surface area (Å²) in [4.78, 5) is 14.8. The number of rotatable bonds is 3. The summed E-state index contributed by atoms with van der Waals surface area (Å²) < 4.78 is 26.8. The van der Waals surface area contributed by atoms with Gasteiger partial charge in [-0.25, -0.2) is 8.42 Å². The minimum atomic E-state index is -3.56. The molecule has 5 nitrogen and oxygen atoms in total. The van der Waals surface area contributed by atoms with Crippen LogP contribution in [-0.4, -0.2) is 49.7 Å². The molecule has 7 heteroatoms. The highest BCUT2D eigenvalue weighted by Crippen LogP contribution is 2.39. The Morgan fingerprint density at radius 1 is 1.12 bits per heavy atom. The van der Waals surface area contributed by atoms with Gasteiger partial charge in [0.2, 0.25) is 15.9 Å². The molecule has 132 valence electrons. The van der Waals surface area contributed by atoms with Gasteiger partial charge in [0.15, 0.2) is 0 Å². The summed E-state index contributed by atoms with van der Waals surface area (Å²) >= 11 is 5.91. The fraction of sp³-hybridized carbons (Fsp3) is 0.588. The molecular formula is C17H23ClN2O3S. The molecule has 3 rings (SSSR count). The summed E-state index contributed by atoms with van der Waals surface area (Å²) in [6.07, 6.45) is 4.08. The maximum Gasteiger partial charge on any atom is 0.243 e. The topological polar surface area (TPSA) is 57.7 Å². The van der Waals surface area contributed by atoms with Crippen molar-refractivity contribution in [1.29, 1.82) is 0 Å². The van der Waals surface area contributed by atoms with Crippen LogP contribution in [-0.2, 0) is 14.8 Å². The maximum atomic E-state index is 12.7. The molecule has 1 heterocycles. The van der Waals surface area contributed by atoms with Crippen molar-refractivity contribution in [1.82, 2.24) is 9.21 Å². The molecule has 0 unspecified atom stereocenters. The predicted octanol–water partition coefficient (Wildman–Crippen LogP) is 2.75. The number of nitrogens with zero attached hydrogens (tertiary/aromatic N) is 2. The Balaban J connectivity index is 1.67. The molecule has 0 aromatic heterocycles. The largest absolute Gasteiger partial charge is 0.340 e. The second-order valence-corrected chi connectivity index (χ2v) is 9.30. The van der Waals surface area contributed by atoms with Crippen LogP contribution in [0.25, 0.3) is 0 Å². The number of piperazine rings is 1. The standard InChI is InChI=1S/C17H23ClN2O3S/c1-17(7-2-3-8-17)16(21)19-9-11-20(12-10-19)24(22,23)15-6-4-5-14(18)13-15/h4-6,13H,2-3,7-12H2,1H3. The summed E-state index contributed by atoms with van der Waals surface area (Å²) in [6, 6.07) is 6.31. The zero-order valence-electron chi connectivity index (χ0n) is 13.9. The number of amides is 1. The molecule has 1 saturated heterocycles. The lowest BCUT2D eigenvalue weighted by molar-refractivity contribution is -0.142. The van der Waals surface area contributed by atoms with Gasteiger partial charge < -0.3 is 4.90 Å². The summed E-state index contributed by atoms with van der Waals surface area (Å²) in [7, 11) is -3.56. The second-order valence-electron chi connectivity index (χ2n) is 6.92. The SMILES string of the molecule is CC1(C(=O)N2CCN(S(=O)(=O)c3cccc(Cl)c3)CC2)CCCC1. The average Bonchev–Trinajstić information content (AvgIpc) is 3.02. The van der Waals surface area contributed by atoms with Crippen molar-refractivity contribution in [2.75, 3.05) is 26.2 Å². The Kier molecular flexibility index (Phi) is 4.91. The van der Waals surface area contributed by atoms with Gasteiger partial charge in [0.25, 0.3) is 0 Å². The van der Waals surface area contributed by atoms with Crippen LogP contribution in [0.3, 0.4) is 0 Å². The van der Waals surface area contributed by atoms with Gasteiger partial charge in [-0.15, -0.1) is 0 Å². The summed E-state index contributed by atoms with van der Waals surface area (Å²) in [5.74, 6) is 0.180. The van der Waals surface area contributed by atoms with E-state index in [0.717, 1.165) is 25.7 Å². The van der Waals surface area contributed by atoms with E-state index in [1.807, 2.05) is 11.8 Å². The van der Waals surface area contributed by atoms with Crippen molar-refractivity contribution in [3.05, 3.63) is 29.3 Å². The highest BCUT2D eigenvalue weighted by molar-refractivity contribution is 7.89. The monoisotopic (exact) mass is 370 g/mol. The number of carbonyl (C=O) groups is 1. The molecule has 2 fully saturated rings. The first-order valence-electron chi connectivity index (χ1n) is 8.38. The number of benzene rings is 1. The van der Waals surface area contributed by atoms with E-state index in [2.05, 4.69) is 0 Å². The first-order chi connectivity index (χ1) is 11.3. The normalized spacial score (nSPS) is 21.8. The lowest BCUT2D eigenvalue weighted by atomic mass is 9.87. The maximum absolute atomic E-state index is 12.7. The van der Waals surface area contributed by atoms with Gasteiger partial charge in [-0.2, -0.15) is 4.31 Å². The molecule has 0 bridgehead atoms. The molecule has 0 radical (unpaired) electrons. The van der Waals surface area contributed by atoms with Crippen molar-refractivity contribution in [2.24, 2.45) is 5.41 Å². The van der Waals surface area contributed by atoms with E-state index < -0.39 is 10.0 Å². The third-order valence-corrected chi connectivity index (χ3v) is 7.31. The van der Waals surface area contributed by atoms with Crippen molar-refractivity contribution < 1.29 is 13.2 Å². The fourth-order valence-corrected chi connectivity index (χ4v) is 5.38. The number of hydrogen-bond acceptors (Lipinski definition) is 3. The van der Waals surface area contributed by atoms with Crippen LogP contribution in [0.15, 0.2) is 29.2 Å². The number of halogens is 1. The zero-order chi connectivity index (χ0) is 17.4. The van der Waals surface area contributed by atoms with Crippen LogP contribution in [0, 0.1) is 5.41 Å². The first-order valence-corrected chi connectivity index (χ1v) is 10.2. The Labute approximate surface area is 148 Å². The minimum Gasteiger partial charge on any atom is -0.340 e. The molecule has 0 spiro atoms. The van der Waals surface area contributed by atoms with E-state index in [1.165, 1.54) is 10.4 Å². The number of sulfonamides is 1. The van der Waals surface area contributed by atoms with E-state index in [1.54, 1.807) is 18.2 Å². The van der Waals surface area contributed by atoms with E-state index in [4.69, 9.17) is 11.6 Å². The molecule has 1 amide bonds. The molecule has 24 heavy (non-hydrogen) atoms. The van der Waals surface area contributed by atoms with Gasteiger partial charge >= 0.3 is 0 Å². The Morgan fingerprint density at radius 2 is 1.75 bits per heavy atom. The van der Waals surface area contributed by atoms with Crippen LogP contribution >= 0.6 is 11.6 Å². The molecule has 1 aliphatic carbocycles. The molecule has 0 N–H and O–H groups in total. The Morgan fingerprint density at radius 3 is 2.33 bits per heavy atom. The molecule has 2 aliphatic rings. The van der Waals surface area contributed by atoms with Crippen molar-refractivity contribution >= 4 is 27.5 Å². The molecule has 1 saturated carbocycles. The van der Waals surface area contributed by atoms with Crippen LogP contribution < -0.4 is 0 Å². The van der Waals surface area contributed by atoms with Gasteiger partial charge in [-0.1, -0.05) is 37.4 Å². The van der Waals surface area contributed by atoms with E-state index >= 15 is 0 Å². The number of carbonyl (C=O) groups excluding carboxylic acids is 1. The zero-order valence-corrected chi connectivity index (χ0v) is 15.4. The Hall–Kier alpha value is -1.11. The van der Waals surface area contributed by atoms with Crippen molar-refractivity contribution in [2.45, 2.75) is 37.5 Å².